The quantitative estimate of drug-likeness (QED) is 0.940. The van der Waals surface area contributed by atoms with E-state index in [0.717, 1.165) is 23.6 Å². The number of thioether (sulfide) groups is 1. The first-order valence-electron chi connectivity index (χ1n) is 7.52. The standard InChI is InChI=1S/C17H21N3S/c1-12-11-13(2)21-17(20-12)19-10-8-15-6-3-5-14-7-4-9-18-16(14)15/h3-7,9,12-13H,8,10-11H2,1-2H3,(H,19,20). The van der Waals surface area contributed by atoms with Crippen LogP contribution in [0.2, 0.25) is 0 Å². The molecule has 3 rings (SSSR count). The Kier molecular flexibility index (Phi) is 4.44. The van der Waals surface area contributed by atoms with E-state index in [1.807, 2.05) is 24.0 Å². The van der Waals surface area contributed by atoms with E-state index in [1.54, 1.807) is 0 Å². The summed E-state index contributed by atoms with van der Waals surface area (Å²) in [6.07, 6.45) is 4.00. The lowest BCUT2D eigenvalue weighted by Gasteiger charge is -2.26. The van der Waals surface area contributed by atoms with Crippen molar-refractivity contribution in [3.05, 3.63) is 42.1 Å². The molecular formula is C17H21N3S. The maximum Gasteiger partial charge on any atom is 0.157 e. The van der Waals surface area contributed by atoms with Crippen molar-refractivity contribution in [1.29, 1.82) is 0 Å². The Labute approximate surface area is 130 Å². The molecule has 0 bridgehead atoms. The lowest BCUT2D eigenvalue weighted by atomic mass is 10.1. The number of benzene rings is 1. The zero-order valence-electron chi connectivity index (χ0n) is 12.5. The number of hydrogen-bond acceptors (Lipinski definition) is 3. The molecule has 4 heteroatoms. The third-order valence-electron chi connectivity index (χ3n) is 3.72. The first kappa shape index (κ1) is 14.4. The van der Waals surface area contributed by atoms with E-state index < -0.39 is 0 Å². The molecule has 0 amide bonds. The van der Waals surface area contributed by atoms with E-state index in [1.165, 1.54) is 17.4 Å². The van der Waals surface area contributed by atoms with Crippen LogP contribution in [0.5, 0.6) is 0 Å². The summed E-state index contributed by atoms with van der Waals surface area (Å²) in [6.45, 7) is 5.30. The van der Waals surface area contributed by atoms with Crippen LogP contribution in [0, 0.1) is 0 Å². The first-order chi connectivity index (χ1) is 10.2. The predicted molar refractivity (Wildman–Crippen MR) is 92.0 cm³/mol. The van der Waals surface area contributed by atoms with Gasteiger partial charge in [0.2, 0.25) is 0 Å². The van der Waals surface area contributed by atoms with Gasteiger partial charge in [-0.2, -0.15) is 0 Å². The van der Waals surface area contributed by atoms with Crippen LogP contribution in [0.1, 0.15) is 25.8 Å². The van der Waals surface area contributed by atoms with Gasteiger partial charge in [-0.15, -0.1) is 0 Å². The van der Waals surface area contributed by atoms with Gasteiger partial charge in [0.15, 0.2) is 5.17 Å². The average molecular weight is 299 g/mol. The highest BCUT2D eigenvalue weighted by Crippen LogP contribution is 2.22. The van der Waals surface area contributed by atoms with Crippen molar-refractivity contribution in [3.8, 4) is 0 Å². The molecule has 1 aromatic heterocycles. The van der Waals surface area contributed by atoms with Crippen LogP contribution < -0.4 is 5.32 Å². The number of aliphatic imine (C=N–C) groups is 1. The van der Waals surface area contributed by atoms with Gasteiger partial charge >= 0.3 is 0 Å². The molecule has 3 nitrogen and oxygen atoms in total. The summed E-state index contributed by atoms with van der Waals surface area (Å²) in [5.74, 6) is 0. The van der Waals surface area contributed by atoms with Crippen molar-refractivity contribution in [3.63, 3.8) is 0 Å². The van der Waals surface area contributed by atoms with Crippen LogP contribution in [0.25, 0.3) is 10.9 Å². The van der Waals surface area contributed by atoms with Gasteiger partial charge in [-0.3, -0.25) is 9.98 Å². The summed E-state index contributed by atoms with van der Waals surface area (Å²) >= 11 is 1.85. The van der Waals surface area contributed by atoms with Gasteiger partial charge in [0, 0.05) is 29.4 Å². The molecule has 1 saturated heterocycles. The van der Waals surface area contributed by atoms with Gasteiger partial charge in [0.1, 0.15) is 0 Å². The second-order valence-corrected chi connectivity index (χ2v) is 7.07. The number of rotatable bonds is 3. The van der Waals surface area contributed by atoms with Crippen molar-refractivity contribution < 1.29 is 0 Å². The number of hydrogen-bond donors (Lipinski definition) is 1. The molecule has 1 aliphatic rings. The van der Waals surface area contributed by atoms with Crippen molar-refractivity contribution in [2.75, 3.05) is 6.54 Å². The third-order valence-corrected chi connectivity index (χ3v) is 4.79. The monoisotopic (exact) mass is 299 g/mol. The van der Waals surface area contributed by atoms with Crippen LogP contribution in [-0.2, 0) is 6.42 Å². The van der Waals surface area contributed by atoms with Crippen LogP contribution >= 0.6 is 11.8 Å². The minimum atomic E-state index is 0.527. The van der Waals surface area contributed by atoms with Crippen LogP contribution in [0.3, 0.4) is 0 Å². The van der Waals surface area contributed by atoms with Gasteiger partial charge < -0.3 is 5.32 Å². The number of nitrogens with zero attached hydrogens (tertiary/aromatic N) is 2. The molecule has 1 N–H and O–H groups in total. The molecule has 1 aliphatic heterocycles. The number of para-hydroxylation sites is 1. The topological polar surface area (TPSA) is 37.3 Å². The number of pyridine rings is 1. The highest BCUT2D eigenvalue weighted by Gasteiger charge is 2.19. The van der Waals surface area contributed by atoms with Crippen molar-refractivity contribution in [2.45, 2.75) is 38.0 Å². The molecule has 0 aliphatic carbocycles. The average Bonchev–Trinajstić information content (AvgIpc) is 2.46. The van der Waals surface area contributed by atoms with Crippen LogP contribution in [0.15, 0.2) is 41.5 Å². The Morgan fingerprint density at radius 2 is 2.14 bits per heavy atom. The van der Waals surface area contributed by atoms with Crippen LogP contribution in [0.4, 0.5) is 0 Å². The molecule has 1 fully saturated rings. The number of nitrogens with one attached hydrogen (secondary N) is 1. The Morgan fingerprint density at radius 3 is 3.00 bits per heavy atom. The SMILES string of the molecule is CC1CC(C)SC(=NCCc2cccc3cccnc23)N1. The minimum Gasteiger partial charge on any atom is -0.362 e. The zero-order valence-corrected chi connectivity index (χ0v) is 13.4. The Bertz CT molecular complexity index is 636. The lowest BCUT2D eigenvalue weighted by Crippen LogP contribution is -2.38. The second-order valence-electron chi connectivity index (χ2n) is 5.64. The number of fused-ring (bicyclic) bond motifs is 1. The Balaban J connectivity index is 1.69. The lowest BCUT2D eigenvalue weighted by molar-refractivity contribution is 0.597. The summed E-state index contributed by atoms with van der Waals surface area (Å²) in [6, 6.07) is 11.0. The van der Waals surface area contributed by atoms with Crippen molar-refractivity contribution in [2.24, 2.45) is 4.99 Å². The van der Waals surface area contributed by atoms with E-state index in [0.29, 0.717) is 11.3 Å². The first-order valence-corrected chi connectivity index (χ1v) is 8.40. The molecule has 0 saturated carbocycles. The summed E-state index contributed by atoms with van der Waals surface area (Å²) in [4.78, 5) is 9.23. The summed E-state index contributed by atoms with van der Waals surface area (Å²) < 4.78 is 0. The highest BCUT2D eigenvalue weighted by atomic mass is 32.2. The number of amidine groups is 1. The van der Waals surface area contributed by atoms with Gasteiger partial charge in [0.05, 0.1) is 5.52 Å². The normalized spacial score (nSPS) is 24.2. The summed E-state index contributed by atoms with van der Waals surface area (Å²) in [5.41, 5.74) is 2.38. The summed E-state index contributed by atoms with van der Waals surface area (Å²) in [7, 11) is 0. The molecule has 110 valence electrons. The van der Waals surface area contributed by atoms with E-state index in [9.17, 15) is 0 Å². The van der Waals surface area contributed by atoms with E-state index in [4.69, 9.17) is 4.99 Å². The van der Waals surface area contributed by atoms with Gasteiger partial charge in [-0.1, -0.05) is 43.0 Å². The van der Waals surface area contributed by atoms with E-state index >= 15 is 0 Å². The molecule has 2 heterocycles. The van der Waals surface area contributed by atoms with Gasteiger partial charge in [-0.25, -0.2) is 0 Å². The van der Waals surface area contributed by atoms with E-state index in [2.05, 4.69) is 48.4 Å². The molecule has 0 radical (unpaired) electrons. The highest BCUT2D eigenvalue weighted by molar-refractivity contribution is 8.14. The molecule has 2 unspecified atom stereocenters. The smallest absolute Gasteiger partial charge is 0.157 e. The molecule has 0 spiro atoms. The Morgan fingerprint density at radius 1 is 1.29 bits per heavy atom. The fourth-order valence-electron chi connectivity index (χ4n) is 2.77. The summed E-state index contributed by atoms with van der Waals surface area (Å²) in [5, 5.41) is 6.42. The number of aromatic nitrogens is 1. The van der Waals surface area contributed by atoms with Crippen LogP contribution in [-0.4, -0.2) is 28.0 Å². The maximum atomic E-state index is 4.73. The van der Waals surface area contributed by atoms with Gasteiger partial charge in [-0.05, 0) is 31.4 Å². The fourth-order valence-corrected chi connectivity index (χ4v) is 3.97. The largest absolute Gasteiger partial charge is 0.362 e. The third kappa shape index (κ3) is 3.56. The fraction of sp³-hybridized carbons (Fsp3) is 0.412. The minimum absolute atomic E-state index is 0.527. The molecule has 2 aromatic rings. The van der Waals surface area contributed by atoms with Gasteiger partial charge in [0.25, 0.3) is 0 Å². The zero-order chi connectivity index (χ0) is 14.7. The van der Waals surface area contributed by atoms with E-state index in [-0.39, 0.29) is 0 Å². The predicted octanol–water partition coefficient (Wildman–Crippen LogP) is 3.64. The molecule has 21 heavy (non-hydrogen) atoms. The maximum absolute atomic E-state index is 4.73. The molecule has 1 aromatic carbocycles. The van der Waals surface area contributed by atoms with Crippen molar-refractivity contribution >= 4 is 27.8 Å². The second kappa shape index (κ2) is 6.48. The Hall–Kier alpha value is -1.55. The molecule has 2 atom stereocenters. The molecular weight excluding hydrogens is 278 g/mol. The van der Waals surface area contributed by atoms with Crippen molar-refractivity contribution in [1.82, 2.24) is 10.3 Å².